The van der Waals surface area contributed by atoms with Gasteiger partial charge >= 0.3 is 11.9 Å². The van der Waals surface area contributed by atoms with Crippen LogP contribution in [0.2, 0.25) is 0 Å². The van der Waals surface area contributed by atoms with E-state index in [0.717, 1.165) is 5.92 Å². The molecule has 0 radical (unpaired) electrons. The van der Waals surface area contributed by atoms with Crippen molar-refractivity contribution >= 4 is 11.9 Å². The molecular formula is C16H22O4. The highest BCUT2D eigenvalue weighted by atomic mass is 16.5. The lowest BCUT2D eigenvalue weighted by atomic mass is 10.1. The third-order valence-electron chi connectivity index (χ3n) is 3.38. The summed E-state index contributed by atoms with van der Waals surface area (Å²) in [5, 5.41) is 0. The van der Waals surface area contributed by atoms with Crippen LogP contribution in [0.1, 0.15) is 53.3 Å². The van der Waals surface area contributed by atoms with Crippen LogP contribution in [0.4, 0.5) is 0 Å². The van der Waals surface area contributed by atoms with Crippen LogP contribution in [-0.4, -0.2) is 26.2 Å². The zero-order chi connectivity index (χ0) is 15.0. The minimum atomic E-state index is -0.550. The van der Waals surface area contributed by atoms with Crippen LogP contribution in [0.25, 0.3) is 0 Å². The highest BCUT2D eigenvalue weighted by molar-refractivity contribution is 6.02. The van der Waals surface area contributed by atoms with Gasteiger partial charge in [0.2, 0.25) is 0 Å². The van der Waals surface area contributed by atoms with Gasteiger partial charge in [0.05, 0.1) is 25.3 Å². The van der Waals surface area contributed by atoms with E-state index in [1.807, 2.05) is 0 Å². The van der Waals surface area contributed by atoms with Gasteiger partial charge in [-0.25, -0.2) is 9.59 Å². The van der Waals surface area contributed by atoms with Gasteiger partial charge in [0.15, 0.2) is 0 Å². The molecule has 1 fully saturated rings. The Morgan fingerprint density at radius 3 is 1.60 bits per heavy atom. The van der Waals surface area contributed by atoms with Crippen molar-refractivity contribution < 1.29 is 19.1 Å². The zero-order valence-electron chi connectivity index (χ0n) is 12.3. The van der Waals surface area contributed by atoms with Gasteiger partial charge in [-0.15, -0.1) is 0 Å². The zero-order valence-corrected chi connectivity index (χ0v) is 12.3. The van der Waals surface area contributed by atoms with Crippen molar-refractivity contribution in [2.24, 2.45) is 5.92 Å². The molecule has 1 aromatic rings. The SMILES string of the molecule is CC1CCCC1.COC(=O)c1ccccc1C(=O)OC. The number of methoxy groups -OCH3 is 2. The molecule has 0 aromatic heterocycles. The molecule has 2 rings (SSSR count). The molecule has 0 atom stereocenters. The minimum absolute atomic E-state index is 0.210. The number of carbonyl (C=O) groups excluding carboxylic acids is 2. The summed E-state index contributed by atoms with van der Waals surface area (Å²) >= 11 is 0. The molecule has 1 aliphatic carbocycles. The van der Waals surface area contributed by atoms with E-state index in [-0.39, 0.29) is 11.1 Å². The van der Waals surface area contributed by atoms with Crippen LogP contribution >= 0.6 is 0 Å². The molecule has 110 valence electrons. The first-order valence-corrected chi connectivity index (χ1v) is 6.85. The molecule has 0 amide bonds. The Labute approximate surface area is 120 Å². The molecule has 0 bridgehead atoms. The first-order chi connectivity index (χ1) is 9.60. The molecule has 1 aromatic carbocycles. The number of benzene rings is 1. The van der Waals surface area contributed by atoms with Gasteiger partial charge in [0.1, 0.15) is 0 Å². The van der Waals surface area contributed by atoms with Gasteiger partial charge in [-0.3, -0.25) is 0 Å². The van der Waals surface area contributed by atoms with Crippen LogP contribution < -0.4 is 0 Å². The fourth-order valence-electron chi connectivity index (χ4n) is 2.19. The summed E-state index contributed by atoms with van der Waals surface area (Å²) in [5.41, 5.74) is 0.420. The number of hydrogen-bond acceptors (Lipinski definition) is 4. The molecule has 0 heterocycles. The summed E-state index contributed by atoms with van der Waals surface area (Å²) in [7, 11) is 2.52. The fraction of sp³-hybridized carbons (Fsp3) is 0.500. The predicted molar refractivity (Wildman–Crippen MR) is 76.8 cm³/mol. The summed E-state index contributed by atoms with van der Waals surface area (Å²) in [6, 6.07) is 6.33. The van der Waals surface area contributed by atoms with Crippen LogP contribution in [0.3, 0.4) is 0 Å². The molecule has 20 heavy (non-hydrogen) atoms. The molecule has 0 spiro atoms. The normalized spacial score (nSPS) is 14.2. The first-order valence-electron chi connectivity index (χ1n) is 6.85. The van der Waals surface area contributed by atoms with Gasteiger partial charge in [-0.2, -0.15) is 0 Å². The second-order valence-corrected chi connectivity index (χ2v) is 4.92. The highest BCUT2D eigenvalue weighted by Gasteiger charge is 2.16. The number of ether oxygens (including phenoxy) is 2. The first kappa shape index (κ1) is 16.2. The molecule has 0 aliphatic heterocycles. The predicted octanol–water partition coefficient (Wildman–Crippen LogP) is 3.46. The topological polar surface area (TPSA) is 52.6 Å². The van der Waals surface area contributed by atoms with E-state index in [9.17, 15) is 9.59 Å². The molecule has 4 heteroatoms. The maximum absolute atomic E-state index is 11.2. The fourth-order valence-corrected chi connectivity index (χ4v) is 2.19. The van der Waals surface area contributed by atoms with E-state index in [0.29, 0.717) is 0 Å². The highest BCUT2D eigenvalue weighted by Crippen LogP contribution is 2.22. The van der Waals surface area contributed by atoms with E-state index in [1.54, 1.807) is 12.1 Å². The van der Waals surface area contributed by atoms with E-state index in [4.69, 9.17) is 0 Å². The standard InChI is InChI=1S/C10H10O4.C6H12/c1-13-9(11)7-5-3-4-6-8(7)10(12)14-2;1-6-4-2-3-5-6/h3-6H,1-2H3;6H,2-5H2,1H3. The van der Waals surface area contributed by atoms with E-state index >= 15 is 0 Å². The van der Waals surface area contributed by atoms with E-state index in [1.165, 1.54) is 52.0 Å². The Hall–Kier alpha value is -1.84. The van der Waals surface area contributed by atoms with Crippen molar-refractivity contribution in [3.05, 3.63) is 35.4 Å². The molecular weight excluding hydrogens is 256 g/mol. The smallest absolute Gasteiger partial charge is 0.338 e. The molecule has 4 nitrogen and oxygen atoms in total. The van der Waals surface area contributed by atoms with Gasteiger partial charge in [0, 0.05) is 0 Å². The quantitative estimate of drug-likeness (QED) is 0.777. The van der Waals surface area contributed by atoms with Gasteiger partial charge in [-0.05, 0) is 18.1 Å². The van der Waals surface area contributed by atoms with Crippen LogP contribution in [-0.2, 0) is 9.47 Å². The van der Waals surface area contributed by atoms with Gasteiger partial charge in [0.25, 0.3) is 0 Å². The second kappa shape index (κ2) is 8.35. The summed E-state index contributed by atoms with van der Waals surface area (Å²) in [6.45, 7) is 2.34. The Morgan fingerprint density at radius 1 is 0.950 bits per heavy atom. The summed E-state index contributed by atoms with van der Waals surface area (Å²) in [6.07, 6.45) is 5.95. The van der Waals surface area contributed by atoms with Crippen molar-refractivity contribution in [1.29, 1.82) is 0 Å². The van der Waals surface area contributed by atoms with Crippen LogP contribution in [0, 0.1) is 5.92 Å². The Morgan fingerprint density at radius 2 is 1.35 bits per heavy atom. The lowest BCUT2D eigenvalue weighted by Crippen LogP contribution is -2.11. The Bertz CT molecular complexity index is 413. The van der Waals surface area contributed by atoms with E-state index < -0.39 is 11.9 Å². The third-order valence-corrected chi connectivity index (χ3v) is 3.38. The lowest BCUT2D eigenvalue weighted by molar-refractivity contribution is 0.0555. The number of carbonyl (C=O) groups is 2. The third kappa shape index (κ3) is 4.68. The molecule has 0 unspecified atom stereocenters. The summed E-state index contributed by atoms with van der Waals surface area (Å²) in [4.78, 5) is 22.4. The molecule has 0 saturated heterocycles. The second-order valence-electron chi connectivity index (χ2n) is 4.92. The number of rotatable bonds is 2. The maximum atomic E-state index is 11.2. The van der Waals surface area contributed by atoms with Crippen molar-refractivity contribution in [3.8, 4) is 0 Å². The van der Waals surface area contributed by atoms with Crippen molar-refractivity contribution in [2.45, 2.75) is 32.6 Å². The van der Waals surface area contributed by atoms with Crippen LogP contribution in [0.5, 0.6) is 0 Å². The van der Waals surface area contributed by atoms with E-state index in [2.05, 4.69) is 16.4 Å². The number of hydrogen-bond donors (Lipinski definition) is 0. The summed E-state index contributed by atoms with van der Waals surface area (Å²) < 4.78 is 9.05. The molecule has 1 aliphatic rings. The Kier molecular flexibility index (Phi) is 6.77. The van der Waals surface area contributed by atoms with Crippen molar-refractivity contribution in [1.82, 2.24) is 0 Å². The average molecular weight is 278 g/mol. The minimum Gasteiger partial charge on any atom is -0.465 e. The Balaban J connectivity index is 0.000000276. The van der Waals surface area contributed by atoms with Crippen molar-refractivity contribution in [3.63, 3.8) is 0 Å². The lowest BCUT2D eigenvalue weighted by Gasteiger charge is -2.04. The molecule has 1 saturated carbocycles. The number of esters is 2. The maximum Gasteiger partial charge on any atom is 0.338 e. The van der Waals surface area contributed by atoms with Gasteiger partial charge in [-0.1, -0.05) is 44.7 Å². The monoisotopic (exact) mass is 278 g/mol. The van der Waals surface area contributed by atoms with Crippen LogP contribution in [0.15, 0.2) is 24.3 Å². The average Bonchev–Trinajstić information content (AvgIpc) is 2.97. The largest absolute Gasteiger partial charge is 0.465 e. The summed E-state index contributed by atoms with van der Waals surface area (Å²) in [5.74, 6) is -0.0537. The molecule has 0 N–H and O–H groups in total. The van der Waals surface area contributed by atoms with Crippen molar-refractivity contribution in [2.75, 3.05) is 14.2 Å². The van der Waals surface area contributed by atoms with Gasteiger partial charge < -0.3 is 9.47 Å².